The van der Waals surface area contributed by atoms with Crippen molar-refractivity contribution >= 4 is 6.08 Å². The van der Waals surface area contributed by atoms with Crippen molar-refractivity contribution < 1.29 is 8.78 Å². The molecule has 1 rings (SSSR count). The van der Waals surface area contributed by atoms with Gasteiger partial charge in [-0.15, -0.1) is 0 Å². The molecule has 0 aromatic heterocycles. The van der Waals surface area contributed by atoms with Crippen LogP contribution in [0.1, 0.15) is 39.7 Å². The third-order valence-corrected chi connectivity index (χ3v) is 2.61. The summed E-state index contributed by atoms with van der Waals surface area (Å²) in [5.41, 5.74) is 1.90. The van der Waals surface area contributed by atoms with Gasteiger partial charge in [0.05, 0.1) is 0 Å². The van der Waals surface area contributed by atoms with Gasteiger partial charge in [0.2, 0.25) is 0 Å². The molecule has 0 aliphatic rings. The molecule has 1 nitrogen and oxygen atoms in total. The zero-order valence-corrected chi connectivity index (χ0v) is 11.5. The van der Waals surface area contributed by atoms with Crippen LogP contribution in [0.4, 0.5) is 8.78 Å². The van der Waals surface area contributed by atoms with E-state index >= 15 is 0 Å². The van der Waals surface area contributed by atoms with Crippen LogP contribution in [0, 0.1) is 11.6 Å². The molecule has 0 spiro atoms. The van der Waals surface area contributed by atoms with Crippen LogP contribution in [-0.4, -0.2) is 12.1 Å². The summed E-state index contributed by atoms with van der Waals surface area (Å²) in [6, 6.07) is 3.97. The van der Waals surface area contributed by atoms with Crippen LogP contribution in [-0.2, 0) is 0 Å². The predicted molar refractivity (Wildman–Crippen MR) is 72.4 cm³/mol. The summed E-state index contributed by atoms with van der Waals surface area (Å²) in [5, 5.41) is 3.38. The number of halogens is 2. The third kappa shape index (κ3) is 4.96. The van der Waals surface area contributed by atoms with Crippen LogP contribution < -0.4 is 5.32 Å². The highest BCUT2D eigenvalue weighted by molar-refractivity contribution is 5.53. The first-order valence-electron chi connectivity index (χ1n) is 6.21. The van der Waals surface area contributed by atoms with E-state index in [0.717, 1.165) is 24.6 Å². The lowest BCUT2D eigenvalue weighted by molar-refractivity contribution is 0.443. The van der Waals surface area contributed by atoms with Gasteiger partial charge < -0.3 is 5.32 Å². The molecule has 0 amide bonds. The molecule has 0 radical (unpaired) electrons. The van der Waals surface area contributed by atoms with Gasteiger partial charge in [0.15, 0.2) is 11.6 Å². The van der Waals surface area contributed by atoms with Gasteiger partial charge in [-0.25, -0.2) is 8.78 Å². The molecule has 100 valence electrons. The van der Waals surface area contributed by atoms with Crippen LogP contribution in [0.5, 0.6) is 0 Å². The van der Waals surface area contributed by atoms with E-state index in [1.54, 1.807) is 6.07 Å². The number of hydrogen-bond donors (Lipinski definition) is 1. The van der Waals surface area contributed by atoms with Crippen molar-refractivity contribution in [2.45, 2.75) is 39.7 Å². The molecule has 0 aliphatic carbocycles. The summed E-state index contributed by atoms with van der Waals surface area (Å²) in [6.45, 7) is 9.09. The number of rotatable bonds is 4. The minimum Gasteiger partial charge on any atom is -0.308 e. The highest BCUT2D eigenvalue weighted by Crippen LogP contribution is 2.14. The molecule has 0 saturated heterocycles. The second kappa shape index (κ2) is 6.10. The van der Waals surface area contributed by atoms with Gasteiger partial charge in [-0.3, -0.25) is 0 Å². The molecule has 1 N–H and O–H groups in total. The molecule has 3 heteroatoms. The Balaban J connectivity index is 2.80. The molecule has 0 aliphatic heterocycles. The first kappa shape index (κ1) is 14.8. The number of benzene rings is 1. The molecule has 0 bridgehead atoms. The van der Waals surface area contributed by atoms with Crippen molar-refractivity contribution in [1.82, 2.24) is 5.32 Å². The average Bonchev–Trinajstić information content (AvgIpc) is 2.28. The highest BCUT2D eigenvalue weighted by atomic mass is 19.2. The maximum atomic E-state index is 13.1. The topological polar surface area (TPSA) is 12.0 Å². The maximum Gasteiger partial charge on any atom is 0.159 e. The van der Waals surface area contributed by atoms with E-state index in [4.69, 9.17) is 0 Å². The normalized spacial score (nSPS) is 12.9. The summed E-state index contributed by atoms with van der Waals surface area (Å²) >= 11 is 0. The van der Waals surface area contributed by atoms with Gasteiger partial charge in [0, 0.05) is 12.1 Å². The smallest absolute Gasteiger partial charge is 0.159 e. The van der Waals surface area contributed by atoms with Gasteiger partial charge in [-0.2, -0.15) is 0 Å². The molecule has 1 aromatic rings. The van der Waals surface area contributed by atoms with Gasteiger partial charge >= 0.3 is 0 Å². The Kier molecular flexibility index (Phi) is 5.03. The summed E-state index contributed by atoms with van der Waals surface area (Å²) in [4.78, 5) is 0. The third-order valence-electron chi connectivity index (χ3n) is 2.61. The molecular formula is C15H21F2N. The van der Waals surface area contributed by atoms with E-state index in [0.29, 0.717) is 5.56 Å². The molecule has 0 saturated carbocycles. The van der Waals surface area contributed by atoms with Crippen molar-refractivity contribution in [3.05, 3.63) is 41.0 Å². The molecule has 0 heterocycles. The van der Waals surface area contributed by atoms with Gasteiger partial charge in [0.25, 0.3) is 0 Å². The fourth-order valence-corrected chi connectivity index (χ4v) is 1.49. The second-order valence-corrected chi connectivity index (χ2v) is 5.43. The van der Waals surface area contributed by atoms with E-state index in [1.165, 1.54) is 6.07 Å². The molecule has 0 unspecified atom stereocenters. The van der Waals surface area contributed by atoms with Gasteiger partial charge in [-0.1, -0.05) is 24.6 Å². The number of hydrogen-bond acceptors (Lipinski definition) is 1. The zero-order valence-electron chi connectivity index (χ0n) is 11.5. The standard InChI is InChI=1S/C15H21F2N/c1-5-11(10-18-15(2,3)4)8-12-6-7-13(16)14(17)9-12/h6-9,18H,5,10H2,1-4H3. The zero-order chi connectivity index (χ0) is 13.8. The average molecular weight is 253 g/mol. The fourth-order valence-electron chi connectivity index (χ4n) is 1.49. The van der Waals surface area contributed by atoms with Crippen molar-refractivity contribution in [3.8, 4) is 0 Å². The SMILES string of the molecule is CCC(=Cc1ccc(F)c(F)c1)CNC(C)(C)C. The van der Waals surface area contributed by atoms with Crippen molar-refractivity contribution in [2.24, 2.45) is 0 Å². The van der Waals surface area contributed by atoms with Gasteiger partial charge in [-0.05, 0) is 44.9 Å². The Morgan fingerprint density at radius 1 is 1.22 bits per heavy atom. The summed E-state index contributed by atoms with van der Waals surface area (Å²) in [6.07, 6.45) is 2.78. The lowest BCUT2D eigenvalue weighted by Crippen LogP contribution is -2.36. The predicted octanol–water partition coefficient (Wildman–Crippen LogP) is 4.15. The quantitative estimate of drug-likeness (QED) is 0.850. The molecule has 1 aromatic carbocycles. The van der Waals surface area contributed by atoms with E-state index < -0.39 is 11.6 Å². The lowest BCUT2D eigenvalue weighted by Gasteiger charge is -2.21. The van der Waals surface area contributed by atoms with E-state index in [9.17, 15) is 8.78 Å². The Hall–Kier alpha value is -1.22. The Morgan fingerprint density at radius 3 is 2.39 bits per heavy atom. The summed E-state index contributed by atoms with van der Waals surface area (Å²) in [7, 11) is 0. The highest BCUT2D eigenvalue weighted by Gasteiger charge is 2.09. The molecular weight excluding hydrogens is 232 g/mol. The second-order valence-electron chi connectivity index (χ2n) is 5.43. The first-order chi connectivity index (χ1) is 8.31. The monoisotopic (exact) mass is 253 g/mol. The maximum absolute atomic E-state index is 13.1. The first-order valence-corrected chi connectivity index (χ1v) is 6.21. The van der Waals surface area contributed by atoms with E-state index in [1.807, 2.05) is 6.08 Å². The molecule has 18 heavy (non-hydrogen) atoms. The van der Waals surface area contributed by atoms with Crippen molar-refractivity contribution in [1.29, 1.82) is 0 Å². The minimum atomic E-state index is -0.807. The summed E-state index contributed by atoms with van der Waals surface area (Å²) < 4.78 is 25.9. The fraction of sp³-hybridized carbons (Fsp3) is 0.467. The van der Waals surface area contributed by atoms with Gasteiger partial charge in [0.1, 0.15) is 0 Å². The van der Waals surface area contributed by atoms with Crippen LogP contribution in [0.25, 0.3) is 6.08 Å². The largest absolute Gasteiger partial charge is 0.308 e. The lowest BCUT2D eigenvalue weighted by atomic mass is 10.1. The number of nitrogens with one attached hydrogen (secondary N) is 1. The van der Waals surface area contributed by atoms with Crippen LogP contribution in [0.15, 0.2) is 23.8 Å². The van der Waals surface area contributed by atoms with Crippen molar-refractivity contribution in [2.75, 3.05) is 6.54 Å². The minimum absolute atomic E-state index is 0.0440. The van der Waals surface area contributed by atoms with Crippen molar-refractivity contribution in [3.63, 3.8) is 0 Å². The summed E-state index contributed by atoms with van der Waals surface area (Å²) in [5.74, 6) is -1.61. The molecule has 0 fully saturated rings. The van der Waals surface area contributed by atoms with Crippen LogP contribution in [0.3, 0.4) is 0 Å². The Labute approximate surface area is 108 Å². The Bertz CT molecular complexity index is 431. The van der Waals surface area contributed by atoms with Crippen LogP contribution in [0.2, 0.25) is 0 Å². The van der Waals surface area contributed by atoms with E-state index in [-0.39, 0.29) is 5.54 Å². The Morgan fingerprint density at radius 2 is 1.89 bits per heavy atom. The molecule has 0 atom stereocenters. The van der Waals surface area contributed by atoms with E-state index in [2.05, 4.69) is 33.0 Å². The van der Waals surface area contributed by atoms with Crippen LogP contribution >= 0.6 is 0 Å².